The molecule has 4 aliphatic rings. The lowest BCUT2D eigenvalue weighted by Crippen LogP contribution is -2.60. The average molecular weight is 405 g/mol. The molecule has 4 fully saturated rings. The van der Waals surface area contributed by atoms with Crippen LogP contribution in [-0.4, -0.2) is 18.0 Å². The highest BCUT2D eigenvalue weighted by Crippen LogP contribution is 2.55. The van der Waals surface area contributed by atoms with Gasteiger partial charge in [-0.05, 0) is 80.4 Å². The van der Waals surface area contributed by atoms with Gasteiger partial charge in [0.05, 0.1) is 6.54 Å². The van der Waals surface area contributed by atoms with Crippen LogP contribution in [0.2, 0.25) is 0 Å². The van der Waals surface area contributed by atoms with Crippen LogP contribution in [0, 0.1) is 17.8 Å². The monoisotopic (exact) mass is 404 g/mol. The molecule has 0 saturated heterocycles. The van der Waals surface area contributed by atoms with Gasteiger partial charge in [-0.3, -0.25) is 4.79 Å². The van der Waals surface area contributed by atoms with Crippen LogP contribution in [0.15, 0.2) is 28.7 Å². The van der Waals surface area contributed by atoms with E-state index in [9.17, 15) is 4.79 Å². The highest BCUT2D eigenvalue weighted by molar-refractivity contribution is 9.10. The Bertz CT molecular complexity index is 592. The third-order valence-corrected chi connectivity index (χ3v) is 7.16. The van der Waals surface area contributed by atoms with Gasteiger partial charge in [0.1, 0.15) is 0 Å². The van der Waals surface area contributed by atoms with Crippen molar-refractivity contribution in [1.82, 2.24) is 10.6 Å². The van der Waals surface area contributed by atoms with Crippen molar-refractivity contribution in [3.05, 3.63) is 34.3 Å². The standard InChI is InChI=1S/C21H29BrN2O/c1-2-19(17-3-5-18(22)6-4-17)23-13-20(25)24-21-10-14-7-15(11-21)9-16(8-14)12-21/h3-6,14-16,19,23H,2,7-13H2,1H3,(H,24,25)/t14?,15?,16?,19-,21?/m1/s1. The molecule has 0 heterocycles. The summed E-state index contributed by atoms with van der Waals surface area (Å²) in [7, 11) is 0. The van der Waals surface area contributed by atoms with Crippen molar-refractivity contribution in [1.29, 1.82) is 0 Å². The Labute approximate surface area is 159 Å². The minimum atomic E-state index is 0.118. The van der Waals surface area contributed by atoms with Gasteiger partial charge in [0.25, 0.3) is 0 Å². The smallest absolute Gasteiger partial charge is 0.234 e. The first-order valence-electron chi connectivity index (χ1n) is 9.85. The topological polar surface area (TPSA) is 41.1 Å². The second-order valence-corrected chi connectivity index (χ2v) is 9.56. The Morgan fingerprint density at radius 1 is 1.12 bits per heavy atom. The molecule has 4 saturated carbocycles. The van der Waals surface area contributed by atoms with Crippen molar-refractivity contribution in [3.63, 3.8) is 0 Å². The molecule has 1 atom stereocenters. The molecule has 0 radical (unpaired) electrons. The van der Waals surface area contributed by atoms with E-state index in [0.29, 0.717) is 6.54 Å². The van der Waals surface area contributed by atoms with E-state index in [-0.39, 0.29) is 17.5 Å². The van der Waals surface area contributed by atoms with Crippen LogP contribution in [0.4, 0.5) is 0 Å². The zero-order valence-electron chi connectivity index (χ0n) is 15.1. The first-order valence-corrected chi connectivity index (χ1v) is 10.6. The van der Waals surface area contributed by atoms with Gasteiger partial charge in [0.2, 0.25) is 5.91 Å². The van der Waals surface area contributed by atoms with Gasteiger partial charge in [0.15, 0.2) is 0 Å². The van der Waals surface area contributed by atoms with Gasteiger partial charge >= 0.3 is 0 Å². The molecule has 25 heavy (non-hydrogen) atoms. The van der Waals surface area contributed by atoms with Gasteiger partial charge in [-0.2, -0.15) is 0 Å². The van der Waals surface area contributed by atoms with Crippen LogP contribution in [0.5, 0.6) is 0 Å². The van der Waals surface area contributed by atoms with Crippen LogP contribution >= 0.6 is 15.9 Å². The molecule has 4 heteroatoms. The summed E-state index contributed by atoms with van der Waals surface area (Å²) in [5, 5.41) is 6.92. The molecule has 2 N–H and O–H groups in total. The predicted molar refractivity (Wildman–Crippen MR) is 104 cm³/mol. The van der Waals surface area contributed by atoms with E-state index in [4.69, 9.17) is 0 Å². The quantitative estimate of drug-likeness (QED) is 0.728. The summed E-state index contributed by atoms with van der Waals surface area (Å²) < 4.78 is 1.09. The van der Waals surface area contributed by atoms with Gasteiger partial charge in [-0.1, -0.05) is 35.0 Å². The van der Waals surface area contributed by atoms with Gasteiger partial charge in [-0.15, -0.1) is 0 Å². The van der Waals surface area contributed by atoms with Gasteiger partial charge in [0, 0.05) is 16.1 Å². The molecule has 0 aliphatic heterocycles. The largest absolute Gasteiger partial charge is 0.350 e. The summed E-state index contributed by atoms with van der Waals surface area (Å²) in [4.78, 5) is 12.7. The highest BCUT2D eigenvalue weighted by Gasteiger charge is 2.51. The zero-order valence-corrected chi connectivity index (χ0v) is 16.6. The van der Waals surface area contributed by atoms with Crippen molar-refractivity contribution in [2.24, 2.45) is 17.8 Å². The number of hydrogen-bond acceptors (Lipinski definition) is 2. The van der Waals surface area contributed by atoms with E-state index < -0.39 is 0 Å². The van der Waals surface area contributed by atoms with Crippen LogP contribution < -0.4 is 10.6 Å². The van der Waals surface area contributed by atoms with E-state index >= 15 is 0 Å². The molecule has 4 bridgehead atoms. The Morgan fingerprint density at radius 2 is 1.68 bits per heavy atom. The van der Waals surface area contributed by atoms with Crippen LogP contribution in [-0.2, 0) is 4.79 Å². The minimum Gasteiger partial charge on any atom is -0.350 e. The van der Waals surface area contributed by atoms with E-state index in [1.54, 1.807) is 0 Å². The molecule has 0 spiro atoms. The maximum Gasteiger partial charge on any atom is 0.234 e. The van der Waals surface area contributed by atoms with Crippen molar-refractivity contribution in [3.8, 4) is 0 Å². The number of rotatable bonds is 6. The molecular formula is C21H29BrN2O. The van der Waals surface area contributed by atoms with Gasteiger partial charge in [-0.25, -0.2) is 0 Å². The number of amides is 1. The SMILES string of the molecule is CC[C@@H](NCC(=O)NC12CC3CC(CC(C3)C1)C2)c1ccc(Br)cc1. The lowest BCUT2D eigenvalue weighted by molar-refractivity contribution is -0.126. The zero-order chi connectivity index (χ0) is 17.4. The Hall–Kier alpha value is -0.870. The van der Waals surface area contributed by atoms with Gasteiger partial charge < -0.3 is 10.6 Å². The Morgan fingerprint density at radius 3 is 2.20 bits per heavy atom. The predicted octanol–water partition coefficient (Wildman–Crippen LogP) is 4.57. The molecule has 4 aliphatic carbocycles. The van der Waals surface area contributed by atoms with E-state index in [1.807, 2.05) is 0 Å². The lowest BCUT2D eigenvalue weighted by atomic mass is 9.53. The van der Waals surface area contributed by atoms with E-state index in [1.165, 1.54) is 44.1 Å². The summed E-state index contributed by atoms with van der Waals surface area (Å²) in [6, 6.07) is 8.62. The van der Waals surface area contributed by atoms with E-state index in [2.05, 4.69) is 57.8 Å². The highest BCUT2D eigenvalue weighted by atomic mass is 79.9. The molecule has 3 nitrogen and oxygen atoms in total. The third kappa shape index (κ3) is 3.80. The molecule has 5 rings (SSSR count). The molecule has 1 amide bonds. The van der Waals surface area contributed by atoms with Crippen molar-refractivity contribution in [2.75, 3.05) is 6.54 Å². The maximum absolute atomic E-state index is 12.7. The Balaban J connectivity index is 1.33. The van der Waals surface area contributed by atoms with Crippen LogP contribution in [0.25, 0.3) is 0 Å². The molecule has 1 aromatic carbocycles. The first kappa shape index (κ1) is 17.5. The number of carbonyl (C=O) groups excluding carboxylic acids is 1. The van der Waals surface area contributed by atoms with Crippen LogP contribution in [0.3, 0.4) is 0 Å². The number of nitrogens with one attached hydrogen (secondary N) is 2. The number of halogens is 1. The molecule has 136 valence electrons. The van der Waals surface area contributed by atoms with E-state index in [0.717, 1.165) is 28.6 Å². The van der Waals surface area contributed by atoms with Crippen molar-refractivity contribution in [2.45, 2.75) is 63.5 Å². The number of carbonyl (C=O) groups is 1. The average Bonchev–Trinajstić information content (AvgIpc) is 2.55. The maximum atomic E-state index is 12.7. The molecule has 1 aromatic rings. The summed E-state index contributed by atoms with van der Waals surface area (Å²) in [6.07, 6.45) is 8.86. The third-order valence-electron chi connectivity index (χ3n) is 6.63. The second-order valence-electron chi connectivity index (χ2n) is 8.64. The molecule has 0 aromatic heterocycles. The van der Waals surface area contributed by atoms with Crippen molar-refractivity contribution >= 4 is 21.8 Å². The second kappa shape index (κ2) is 7.03. The fraction of sp³-hybridized carbons (Fsp3) is 0.667. The summed E-state index contributed by atoms with van der Waals surface area (Å²) >= 11 is 3.48. The first-order chi connectivity index (χ1) is 12.0. The summed E-state index contributed by atoms with van der Waals surface area (Å²) in [6.45, 7) is 2.58. The number of benzene rings is 1. The fourth-order valence-electron chi connectivity index (χ4n) is 6.01. The normalized spacial score (nSPS) is 34.1. The summed E-state index contributed by atoms with van der Waals surface area (Å²) in [5.74, 6) is 2.78. The van der Waals surface area contributed by atoms with Crippen molar-refractivity contribution < 1.29 is 4.79 Å². The molecule has 0 unspecified atom stereocenters. The fourth-order valence-corrected chi connectivity index (χ4v) is 6.28. The van der Waals surface area contributed by atoms with Crippen LogP contribution in [0.1, 0.15) is 63.5 Å². The Kier molecular flexibility index (Phi) is 4.93. The molecular weight excluding hydrogens is 376 g/mol. The summed E-state index contributed by atoms with van der Waals surface area (Å²) in [5.41, 5.74) is 1.36. The lowest BCUT2D eigenvalue weighted by Gasteiger charge is -2.56. The minimum absolute atomic E-state index is 0.118. The number of hydrogen-bond donors (Lipinski definition) is 2.